The van der Waals surface area contributed by atoms with Crippen LogP contribution in [-0.2, 0) is 0 Å². The van der Waals surface area contributed by atoms with Gasteiger partial charge in [-0.2, -0.15) is 0 Å². The summed E-state index contributed by atoms with van der Waals surface area (Å²) in [5, 5.41) is 12.7. The van der Waals surface area contributed by atoms with Crippen molar-refractivity contribution in [3.8, 4) is 10.4 Å². The second-order valence-electron chi connectivity index (χ2n) is 2.78. The van der Waals surface area contributed by atoms with E-state index in [-0.39, 0.29) is 5.56 Å². The molecule has 2 aromatic rings. The fourth-order valence-corrected chi connectivity index (χ4v) is 1.89. The van der Waals surface area contributed by atoms with Gasteiger partial charge in [-0.15, -0.1) is 5.10 Å². The van der Waals surface area contributed by atoms with Crippen LogP contribution < -0.4 is 0 Å². The van der Waals surface area contributed by atoms with Crippen LogP contribution in [0.3, 0.4) is 0 Å². The topological polar surface area (TPSA) is 78.9 Å². The first kappa shape index (κ1) is 8.89. The fraction of sp³-hybridized carbons (Fsp3) is 0.125. The zero-order chi connectivity index (χ0) is 10.1. The molecule has 2 heterocycles. The zero-order valence-electron chi connectivity index (χ0n) is 7.31. The van der Waals surface area contributed by atoms with Gasteiger partial charge in [-0.3, -0.25) is 0 Å². The fourth-order valence-electron chi connectivity index (χ4n) is 1.21. The van der Waals surface area contributed by atoms with Gasteiger partial charge in [-0.25, -0.2) is 4.79 Å². The molecule has 0 aliphatic carbocycles. The third-order valence-electron chi connectivity index (χ3n) is 1.87. The Labute approximate surface area is 83.6 Å². The summed E-state index contributed by atoms with van der Waals surface area (Å²) >= 11 is 1.19. The van der Waals surface area contributed by atoms with Gasteiger partial charge < -0.3 is 10.1 Å². The maximum atomic E-state index is 10.8. The van der Waals surface area contributed by atoms with Gasteiger partial charge in [0, 0.05) is 18.0 Å². The minimum atomic E-state index is -0.950. The Morgan fingerprint density at radius 2 is 2.36 bits per heavy atom. The first-order valence-corrected chi connectivity index (χ1v) is 4.67. The van der Waals surface area contributed by atoms with Gasteiger partial charge in [0.2, 0.25) is 0 Å². The van der Waals surface area contributed by atoms with Gasteiger partial charge in [-0.05, 0) is 18.5 Å². The number of carbonyl (C=O) groups is 1. The van der Waals surface area contributed by atoms with Crippen molar-refractivity contribution in [2.24, 2.45) is 0 Å². The van der Waals surface area contributed by atoms with Crippen molar-refractivity contribution in [3.05, 3.63) is 23.7 Å². The lowest BCUT2D eigenvalue weighted by atomic mass is 10.1. The number of carboxylic acid groups (broad SMARTS) is 1. The number of nitrogens with one attached hydrogen (secondary N) is 1. The van der Waals surface area contributed by atoms with Crippen LogP contribution in [0.1, 0.15) is 16.1 Å². The summed E-state index contributed by atoms with van der Waals surface area (Å²) in [7, 11) is 0. The number of rotatable bonds is 2. The summed E-state index contributed by atoms with van der Waals surface area (Å²) in [6.07, 6.45) is 3.10. The van der Waals surface area contributed by atoms with Crippen molar-refractivity contribution in [2.45, 2.75) is 6.92 Å². The minimum absolute atomic E-state index is 0.249. The number of aromatic carboxylic acids is 1. The number of aryl methyl sites for hydroxylation is 1. The average molecular weight is 209 g/mol. The molecule has 0 radical (unpaired) electrons. The van der Waals surface area contributed by atoms with Crippen LogP contribution in [0.2, 0.25) is 0 Å². The highest BCUT2D eigenvalue weighted by Crippen LogP contribution is 2.28. The van der Waals surface area contributed by atoms with Crippen LogP contribution >= 0.6 is 11.5 Å². The van der Waals surface area contributed by atoms with E-state index in [0.717, 1.165) is 10.6 Å². The normalized spacial score (nSPS) is 10.4. The molecule has 2 N–H and O–H groups in total. The molecule has 0 unspecified atom stereocenters. The second kappa shape index (κ2) is 3.22. The number of hydrogen-bond donors (Lipinski definition) is 2. The van der Waals surface area contributed by atoms with Gasteiger partial charge in [0.15, 0.2) is 0 Å². The van der Waals surface area contributed by atoms with Crippen molar-refractivity contribution in [3.63, 3.8) is 0 Å². The molecule has 0 atom stereocenters. The van der Waals surface area contributed by atoms with Crippen molar-refractivity contribution in [1.82, 2.24) is 14.6 Å². The van der Waals surface area contributed by atoms with E-state index >= 15 is 0 Å². The van der Waals surface area contributed by atoms with E-state index in [4.69, 9.17) is 5.11 Å². The predicted octanol–water partition coefficient (Wildman–Crippen LogP) is 1.54. The molecule has 0 aromatic carbocycles. The molecule has 2 rings (SSSR count). The van der Waals surface area contributed by atoms with Crippen molar-refractivity contribution < 1.29 is 9.90 Å². The average Bonchev–Trinajstić information content (AvgIpc) is 2.70. The maximum absolute atomic E-state index is 10.8. The molecule has 0 saturated carbocycles. The Balaban J connectivity index is 2.57. The summed E-state index contributed by atoms with van der Waals surface area (Å²) in [5.74, 6) is -0.950. The third-order valence-corrected chi connectivity index (χ3v) is 2.73. The molecule has 14 heavy (non-hydrogen) atoms. The standard InChI is InChI=1S/C8H7N3O2S/c1-4-7(14-11-10-4)5-2-9-3-6(5)8(12)13/h2-3,9H,1H3,(H,12,13). The highest BCUT2D eigenvalue weighted by molar-refractivity contribution is 7.09. The van der Waals surface area contributed by atoms with E-state index in [1.165, 1.54) is 17.7 Å². The molecule has 2 aromatic heterocycles. The van der Waals surface area contributed by atoms with Gasteiger partial charge >= 0.3 is 5.97 Å². The third kappa shape index (κ3) is 1.29. The summed E-state index contributed by atoms with van der Waals surface area (Å²) in [4.78, 5) is 14.4. The van der Waals surface area contributed by atoms with Crippen LogP contribution in [0.25, 0.3) is 10.4 Å². The number of carboxylic acids is 1. The largest absolute Gasteiger partial charge is 0.478 e. The van der Waals surface area contributed by atoms with E-state index in [1.807, 2.05) is 0 Å². The van der Waals surface area contributed by atoms with Crippen LogP contribution in [0.4, 0.5) is 0 Å². The zero-order valence-corrected chi connectivity index (χ0v) is 8.13. The van der Waals surface area contributed by atoms with E-state index in [1.54, 1.807) is 13.1 Å². The molecule has 0 aliphatic rings. The molecule has 72 valence electrons. The maximum Gasteiger partial charge on any atom is 0.337 e. The highest BCUT2D eigenvalue weighted by atomic mass is 32.1. The smallest absolute Gasteiger partial charge is 0.337 e. The molecular formula is C8H7N3O2S. The van der Waals surface area contributed by atoms with E-state index in [9.17, 15) is 4.79 Å². The van der Waals surface area contributed by atoms with Gasteiger partial charge in [-0.1, -0.05) is 4.49 Å². The molecule has 0 saturated heterocycles. The summed E-state index contributed by atoms with van der Waals surface area (Å²) in [6.45, 7) is 1.80. The molecule has 0 amide bonds. The van der Waals surface area contributed by atoms with E-state index in [2.05, 4.69) is 14.6 Å². The highest BCUT2D eigenvalue weighted by Gasteiger charge is 2.16. The SMILES string of the molecule is Cc1nnsc1-c1c[nH]cc1C(=O)O. The lowest BCUT2D eigenvalue weighted by molar-refractivity contribution is 0.0698. The Kier molecular flexibility index (Phi) is 2.05. The lowest BCUT2D eigenvalue weighted by Gasteiger charge is -1.95. The number of H-pyrrole nitrogens is 1. The lowest BCUT2D eigenvalue weighted by Crippen LogP contribution is -1.95. The molecule has 0 spiro atoms. The minimum Gasteiger partial charge on any atom is -0.478 e. The number of aromatic nitrogens is 3. The predicted molar refractivity (Wildman–Crippen MR) is 51.4 cm³/mol. The van der Waals surface area contributed by atoms with Crippen LogP contribution in [0, 0.1) is 6.92 Å². The number of nitrogens with zero attached hydrogens (tertiary/aromatic N) is 2. The van der Waals surface area contributed by atoms with Crippen molar-refractivity contribution in [1.29, 1.82) is 0 Å². The second-order valence-corrected chi connectivity index (χ2v) is 3.53. The Morgan fingerprint density at radius 1 is 1.57 bits per heavy atom. The Morgan fingerprint density at radius 3 is 2.93 bits per heavy atom. The molecule has 6 heteroatoms. The molecule has 0 fully saturated rings. The number of hydrogen-bond acceptors (Lipinski definition) is 4. The summed E-state index contributed by atoms with van der Waals surface area (Å²) in [6, 6.07) is 0. The number of aromatic amines is 1. The Bertz CT molecular complexity index is 474. The van der Waals surface area contributed by atoms with Crippen LogP contribution in [-0.4, -0.2) is 25.6 Å². The van der Waals surface area contributed by atoms with Crippen LogP contribution in [0.5, 0.6) is 0 Å². The molecule has 0 bridgehead atoms. The quantitative estimate of drug-likeness (QED) is 0.786. The van der Waals surface area contributed by atoms with Crippen molar-refractivity contribution >= 4 is 17.5 Å². The first-order valence-electron chi connectivity index (χ1n) is 3.89. The van der Waals surface area contributed by atoms with Crippen molar-refractivity contribution in [2.75, 3.05) is 0 Å². The van der Waals surface area contributed by atoms with Gasteiger partial charge in [0.05, 0.1) is 16.1 Å². The van der Waals surface area contributed by atoms with Gasteiger partial charge in [0.1, 0.15) is 0 Å². The monoisotopic (exact) mass is 209 g/mol. The molecule has 5 nitrogen and oxygen atoms in total. The summed E-state index contributed by atoms with van der Waals surface area (Å²) in [5.41, 5.74) is 1.64. The Hall–Kier alpha value is -1.69. The molecular weight excluding hydrogens is 202 g/mol. The van der Waals surface area contributed by atoms with E-state index in [0.29, 0.717) is 5.56 Å². The summed E-state index contributed by atoms with van der Waals surface area (Å²) < 4.78 is 3.76. The molecule has 0 aliphatic heterocycles. The van der Waals surface area contributed by atoms with E-state index < -0.39 is 5.97 Å². The van der Waals surface area contributed by atoms with Crippen LogP contribution in [0.15, 0.2) is 12.4 Å². The van der Waals surface area contributed by atoms with Gasteiger partial charge in [0.25, 0.3) is 0 Å². The first-order chi connectivity index (χ1) is 6.70.